The highest BCUT2D eigenvalue weighted by molar-refractivity contribution is 7.14. The standard InChI is InChI=1S/C17H24N4O2S/c1-4-12(2)17(3,23)11-19-16(22)18-10-14-20-21-15(24-14)13-8-6-5-7-9-13/h5-9,12,23H,4,10-11H2,1-3H3,(H2,18,19,22). The molecule has 2 atom stereocenters. The first-order valence-corrected chi connectivity index (χ1v) is 8.86. The summed E-state index contributed by atoms with van der Waals surface area (Å²) in [7, 11) is 0. The largest absolute Gasteiger partial charge is 0.388 e. The van der Waals surface area contributed by atoms with Gasteiger partial charge in [0.1, 0.15) is 10.0 Å². The van der Waals surface area contributed by atoms with Gasteiger partial charge in [-0.15, -0.1) is 10.2 Å². The van der Waals surface area contributed by atoms with Gasteiger partial charge in [0, 0.05) is 12.1 Å². The van der Waals surface area contributed by atoms with Crippen molar-refractivity contribution in [3.05, 3.63) is 35.3 Å². The molecular weight excluding hydrogens is 324 g/mol. The third-order valence-electron chi connectivity index (χ3n) is 4.17. The topological polar surface area (TPSA) is 87.1 Å². The predicted molar refractivity (Wildman–Crippen MR) is 95.7 cm³/mol. The molecule has 130 valence electrons. The highest BCUT2D eigenvalue weighted by atomic mass is 32.1. The average Bonchev–Trinajstić information content (AvgIpc) is 3.07. The summed E-state index contributed by atoms with van der Waals surface area (Å²) in [5.41, 5.74) is 0.0882. The van der Waals surface area contributed by atoms with Gasteiger partial charge in [0.25, 0.3) is 0 Å². The molecule has 0 bridgehead atoms. The Hall–Kier alpha value is -1.99. The van der Waals surface area contributed by atoms with Gasteiger partial charge in [-0.2, -0.15) is 0 Å². The zero-order chi connectivity index (χ0) is 17.6. The van der Waals surface area contributed by atoms with Crippen molar-refractivity contribution in [1.29, 1.82) is 0 Å². The number of nitrogens with zero attached hydrogens (tertiary/aromatic N) is 2. The molecule has 24 heavy (non-hydrogen) atoms. The van der Waals surface area contributed by atoms with Crippen LogP contribution in [-0.2, 0) is 6.54 Å². The number of aromatic nitrogens is 2. The number of carbonyl (C=O) groups is 1. The maximum atomic E-state index is 11.9. The summed E-state index contributed by atoms with van der Waals surface area (Å²) in [6.45, 7) is 6.23. The van der Waals surface area contributed by atoms with Gasteiger partial charge in [0.05, 0.1) is 12.1 Å². The Labute approximate surface area is 146 Å². The van der Waals surface area contributed by atoms with Crippen molar-refractivity contribution in [2.45, 2.75) is 39.3 Å². The van der Waals surface area contributed by atoms with Gasteiger partial charge in [-0.25, -0.2) is 4.79 Å². The summed E-state index contributed by atoms with van der Waals surface area (Å²) in [5, 5.41) is 25.5. The van der Waals surface area contributed by atoms with Gasteiger partial charge in [-0.1, -0.05) is 61.9 Å². The van der Waals surface area contributed by atoms with E-state index in [1.54, 1.807) is 6.92 Å². The molecule has 0 aliphatic rings. The van der Waals surface area contributed by atoms with Gasteiger partial charge >= 0.3 is 6.03 Å². The van der Waals surface area contributed by atoms with Crippen LogP contribution in [0.4, 0.5) is 4.79 Å². The van der Waals surface area contributed by atoms with Crippen molar-refractivity contribution < 1.29 is 9.90 Å². The fourth-order valence-corrected chi connectivity index (χ4v) is 2.90. The molecule has 0 saturated heterocycles. The van der Waals surface area contributed by atoms with Crippen LogP contribution < -0.4 is 10.6 Å². The number of rotatable bonds is 7. The SMILES string of the molecule is CCC(C)C(C)(O)CNC(=O)NCc1nnc(-c2ccccc2)s1. The number of urea groups is 1. The van der Waals surface area contributed by atoms with Crippen molar-refractivity contribution in [2.24, 2.45) is 5.92 Å². The minimum absolute atomic E-state index is 0.106. The number of hydrogen-bond acceptors (Lipinski definition) is 5. The molecule has 2 rings (SSSR count). The predicted octanol–water partition coefficient (Wildman–Crippen LogP) is 2.80. The van der Waals surface area contributed by atoms with Crippen LogP contribution in [0.2, 0.25) is 0 Å². The van der Waals surface area contributed by atoms with E-state index in [4.69, 9.17) is 0 Å². The minimum Gasteiger partial charge on any atom is -0.388 e. The number of amides is 2. The van der Waals surface area contributed by atoms with Gasteiger partial charge in [-0.3, -0.25) is 0 Å². The second-order valence-electron chi connectivity index (χ2n) is 6.07. The molecule has 1 heterocycles. The van der Waals surface area contributed by atoms with Crippen LogP contribution in [0.25, 0.3) is 10.6 Å². The van der Waals surface area contributed by atoms with Crippen LogP contribution in [0, 0.1) is 5.92 Å². The highest BCUT2D eigenvalue weighted by Gasteiger charge is 2.27. The number of benzene rings is 1. The summed E-state index contributed by atoms with van der Waals surface area (Å²) >= 11 is 1.45. The zero-order valence-electron chi connectivity index (χ0n) is 14.2. The molecule has 0 saturated carbocycles. The maximum absolute atomic E-state index is 11.9. The fourth-order valence-electron chi connectivity index (χ4n) is 2.11. The molecule has 7 heteroatoms. The Morgan fingerprint density at radius 3 is 2.67 bits per heavy atom. The third-order valence-corrected chi connectivity index (χ3v) is 5.14. The van der Waals surface area contributed by atoms with E-state index < -0.39 is 5.60 Å². The molecule has 2 unspecified atom stereocenters. The lowest BCUT2D eigenvalue weighted by Gasteiger charge is -2.29. The number of hydrogen-bond donors (Lipinski definition) is 3. The van der Waals surface area contributed by atoms with Crippen molar-refractivity contribution in [2.75, 3.05) is 6.54 Å². The van der Waals surface area contributed by atoms with Crippen molar-refractivity contribution in [1.82, 2.24) is 20.8 Å². The quantitative estimate of drug-likeness (QED) is 0.718. The smallest absolute Gasteiger partial charge is 0.315 e. The molecule has 0 radical (unpaired) electrons. The Balaban J connectivity index is 1.81. The number of carbonyl (C=O) groups excluding carboxylic acids is 1. The Morgan fingerprint density at radius 1 is 1.29 bits per heavy atom. The number of nitrogens with one attached hydrogen (secondary N) is 2. The molecule has 6 nitrogen and oxygen atoms in total. The summed E-state index contributed by atoms with van der Waals surface area (Å²) in [6.07, 6.45) is 0.851. The van der Waals surface area contributed by atoms with E-state index >= 15 is 0 Å². The van der Waals surface area contributed by atoms with Crippen LogP contribution >= 0.6 is 11.3 Å². The summed E-state index contributed by atoms with van der Waals surface area (Å²) in [5.74, 6) is 0.106. The van der Waals surface area contributed by atoms with E-state index in [0.29, 0.717) is 6.54 Å². The second kappa shape index (κ2) is 8.21. The molecule has 2 aromatic rings. The normalized spacial score (nSPS) is 14.7. The first-order chi connectivity index (χ1) is 11.4. The number of aliphatic hydroxyl groups is 1. The van der Waals surface area contributed by atoms with Crippen LogP contribution in [0.1, 0.15) is 32.2 Å². The van der Waals surface area contributed by atoms with Crippen molar-refractivity contribution in [3.63, 3.8) is 0 Å². The van der Waals surface area contributed by atoms with Crippen molar-refractivity contribution >= 4 is 17.4 Å². The molecule has 3 N–H and O–H groups in total. The van der Waals surface area contributed by atoms with Gasteiger partial charge in [-0.05, 0) is 12.8 Å². The van der Waals surface area contributed by atoms with E-state index in [9.17, 15) is 9.90 Å². The summed E-state index contributed by atoms with van der Waals surface area (Å²) in [6, 6.07) is 9.47. The molecular formula is C17H24N4O2S. The Bertz CT molecular complexity index is 658. The molecule has 1 aromatic heterocycles. The van der Waals surface area contributed by atoms with Crippen LogP contribution in [-0.4, -0.2) is 33.5 Å². The van der Waals surface area contributed by atoms with Gasteiger partial charge < -0.3 is 15.7 Å². The molecule has 1 aromatic carbocycles. The second-order valence-corrected chi connectivity index (χ2v) is 7.13. The lowest BCUT2D eigenvalue weighted by atomic mass is 9.89. The first kappa shape index (κ1) is 18.4. The lowest BCUT2D eigenvalue weighted by molar-refractivity contribution is 0.00790. The minimum atomic E-state index is -0.921. The molecule has 0 aliphatic carbocycles. The average molecular weight is 348 g/mol. The summed E-state index contributed by atoms with van der Waals surface area (Å²) < 4.78 is 0. The molecule has 2 amide bonds. The maximum Gasteiger partial charge on any atom is 0.315 e. The lowest BCUT2D eigenvalue weighted by Crippen LogP contribution is -2.47. The first-order valence-electron chi connectivity index (χ1n) is 8.04. The van der Waals surface area contributed by atoms with E-state index in [1.165, 1.54) is 11.3 Å². The van der Waals surface area contributed by atoms with Crippen LogP contribution in [0.5, 0.6) is 0 Å². The van der Waals surface area contributed by atoms with Crippen LogP contribution in [0.15, 0.2) is 30.3 Å². The van der Waals surface area contributed by atoms with E-state index in [1.807, 2.05) is 44.2 Å². The van der Waals surface area contributed by atoms with E-state index in [0.717, 1.165) is 22.0 Å². The highest BCUT2D eigenvalue weighted by Crippen LogP contribution is 2.22. The molecule has 0 spiro atoms. The van der Waals surface area contributed by atoms with E-state index in [2.05, 4.69) is 20.8 Å². The van der Waals surface area contributed by atoms with Crippen molar-refractivity contribution in [3.8, 4) is 10.6 Å². The molecule has 0 aliphatic heterocycles. The van der Waals surface area contributed by atoms with Gasteiger partial charge in [0.15, 0.2) is 0 Å². The molecule has 0 fully saturated rings. The Kier molecular flexibility index (Phi) is 6.28. The third kappa shape index (κ3) is 5.01. The monoisotopic (exact) mass is 348 g/mol. The fraction of sp³-hybridized carbons (Fsp3) is 0.471. The van der Waals surface area contributed by atoms with Gasteiger partial charge in [0.2, 0.25) is 0 Å². The zero-order valence-corrected chi connectivity index (χ0v) is 15.1. The van der Waals surface area contributed by atoms with E-state index in [-0.39, 0.29) is 18.5 Å². The Morgan fingerprint density at radius 2 is 2.00 bits per heavy atom. The van der Waals surface area contributed by atoms with Crippen LogP contribution in [0.3, 0.4) is 0 Å². The summed E-state index contributed by atoms with van der Waals surface area (Å²) in [4.78, 5) is 11.9.